The predicted molar refractivity (Wildman–Crippen MR) is 112 cm³/mol. The molecule has 0 fully saturated rings. The van der Waals surface area contributed by atoms with E-state index < -0.39 is 5.97 Å². The van der Waals surface area contributed by atoms with Gasteiger partial charge in [-0.3, -0.25) is 9.78 Å². The van der Waals surface area contributed by atoms with Crippen LogP contribution < -0.4 is 9.64 Å². The smallest absolute Gasteiger partial charge is 0.337 e. The summed E-state index contributed by atoms with van der Waals surface area (Å²) in [6, 6.07) is 10.3. The molecule has 0 saturated heterocycles. The third kappa shape index (κ3) is 3.59. The topological polar surface area (TPSA) is 68.7 Å². The quantitative estimate of drug-likeness (QED) is 0.576. The van der Waals surface area contributed by atoms with Crippen LogP contribution in [0.2, 0.25) is 5.02 Å². The van der Waals surface area contributed by atoms with Gasteiger partial charge in [-0.05, 0) is 42.0 Å². The number of amides is 1. The number of benzene rings is 1. The molecule has 0 atom stereocenters. The fraction of sp³-hybridized carbons (Fsp3) is 0.190. The first kappa shape index (κ1) is 19.4. The summed E-state index contributed by atoms with van der Waals surface area (Å²) < 4.78 is 10.5. The molecule has 0 unspecified atom stereocenters. The molecule has 8 heteroatoms. The standard InChI is InChI=1S/C21H17ClN2O4S/c1-24(15-6-5-13(10-14(15)22)21(26)27-2)20(25)17-11-12-7-9-28-16-4-3-8-23-18(16)19(12)29-17/h3-6,8,10-11H,7,9H2,1-2H3. The van der Waals surface area contributed by atoms with E-state index in [9.17, 15) is 9.59 Å². The number of methoxy groups -OCH3 is 1. The number of thiophene rings is 1. The SMILES string of the molecule is COC(=O)c1ccc(N(C)C(=O)c2cc3c(s2)-c2ncccc2OCC3)c(Cl)c1. The predicted octanol–water partition coefficient (Wildman–Crippen LogP) is 4.46. The van der Waals surface area contributed by atoms with Crippen molar-refractivity contribution in [2.24, 2.45) is 0 Å². The molecule has 6 nitrogen and oxygen atoms in total. The van der Waals surface area contributed by atoms with Crippen LogP contribution in [-0.2, 0) is 11.2 Å². The Kier molecular flexibility index (Phi) is 5.25. The molecule has 1 amide bonds. The van der Waals surface area contributed by atoms with E-state index in [1.807, 2.05) is 18.2 Å². The van der Waals surface area contributed by atoms with Gasteiger partial charge < -0.3 is 14.4 Å². The Hall–Kier alpha value is -2.90. The van der Waals surface area contributed by atoms with Gasteiger partial charge in [0.1, 0.15) is 11.4 Å². The average molecular weight is 429 g/mol. The van der Waals surface area contributed by atoms with Gasteiger partial charge in [0.15, 0.2) is 0 Å². The number of halogens is 1. The highest BCUT2D eigenvalue weighted by Gasteiger charge is 2.25. The first-order valence-electron chi connectivity index (χ1n) is 8.86. The van der Waals surface area contributed by atoms with E-state index in [0.29, 0.717) is 34.2 Å². The number of pyridine rings is 1. The number of hydrogen-bond acceptors (Lipinski definition) is 6. The van der Waals surface area contributed by atoms with Crippen molar-refractivity contribution < 1.29 is 19.1 Å². The van der Waals surface area contributed by atoms with E-state index >= 15 is 0 Å². The van der Waals surface area contributed by atoms with Crippen LogP contribution in [0.15, 0.2) is 42.6 Å². The molecular weight excluding hydrogens is 412 g/mol. The minimum atomic E-state index is -0.484. The van der Waals surface area contributed by atoms with Gasteiger partial charge in [-0.2, -0.15) is 0 Å². The van der Waals surface area contributed by atoms with Gasteiger partial charge >= 0.3 is 5.97 Å². The maximum atomic E-state index is 13.1. The Morgan fingerprint density at radius 1 is 1.28 bits per heavy atom. The Balaban J connectivity index is 1.66. The van der Waals surface area contributed by atoms with Crippen molar-refractivity contribution in [1.82, 2.24) is 4.98 Å². The maximum absolute atomic E-state index is 13.1. The van der Waals surface area contributed by atoms with E-state index in [1.54, 1.807) is 25.4 Å². The van der Waals surface area contributed by atoms with Crippen molar-refractivity contribution in [3.63, 3.8) is 0 Å². The summed E-state index contributed by atoms with van der Waals surface area (Å²) in [5.74, 6) is 0.0545. The summed E-state index contributed by atoms with van der Waals surface area (Å²) in [4.78, 5) is 32.2. The summed E-state index contributed by atoms with van der Waals surface area (Å²) in [7, 11) is 2.96. The summed E-state index contributed by atoms with van der Waals surface area (Å²) in [5, 5.41) is 0.294. The molecule has 2 aromatic heterocycles. The maximum Gasteiger partial charge on any atom is 0.337 e. The first-order valence-corrected chi connectivity index (χ1v) is 10.1. The largest absolute Gasteiger partial charge is 0.491 e. The van der Waals surface area contributed by atoms with Crippen LogP contribution in [0.1, 0.15) is 25.6 Å². The van der Waals surface area contributed by atoms with Crippen LogP contribution in [0.4, 0.5) is 5.69 Å². The first-order chi connectivity index (χ1) is 14.0. The van der Waals surface area contributed by atoms with Crippen molar-refractivity contribution >= 4 is 40.5 Å². The normalized spacial score (nSPS) is 12.2. The van der Waals surface area contributed by atoms with Crippen LogP contribution >= 0.6 is 22.9 Å². The van der Waals surface area contributed by atoms with Gasteiger partial charge in [0.2, 0.25) is 0 Å². The highest BCUT2D eigenvalue weighted by Crippen LogP contribution is 2.40. The van der Waals surface area contributed by atoms with Gasteiger partial charge in [0.05, 0.1) is 39.7 Å². The monoisotopic (exact) mass is 428 g/mol. The zero-order chi connectivity index (χ0) is 20.5. The lowest BCUT2D eigenvalue weighted by Gasteiger charge is -2.18. The van der Waals surface area contributed by atoms with Gasteiger partial charge in [0.25, 0.3) is 5.91 Å². The zero-order valence-corrected chi connectivity index (χ0v) is 17.3. The van der Waals surface area contributed by atoms with E-state index in [2.05, 4.69) is 4.98 Å². The number of aromatic nitrogens is 1. The highest BCUT2D eigenvalue weighted by molar-refractivity contribution is 7.17. The number of nitrogens with zero attached hydrogens (tertiary/aromatic N) is 2. The molecule has 4 rings (SSSR count). The van der Waals surface area contributed by atoms with Crippen molar-refractivity contribution in [3.05, 3.63) is 63.6 Å². The van der Waals surface area contributed by atoms with Crippen molar-refractivity contribution in [1.29, 1.82) is 0 Å². The molecule has 148 valence electrons. The lowest BCUT2D eigenvalue weighted by molar-refractivity contribution is 0.0600. The lowest BCUT2D eigenvalue weighted by atomic mass is 10.1. The summed E-state index contributed by atoms with van der Waals surface area (Å²) in [5.41, 5.74) is 2.63. The van der Waals surface area contributed by atoms with E-state index in [0.717, 1.165) is 21.9 Å². The van der Waals surface area contributed by atoms with E-state index in [4.69, 9.17) is 21.1 Å². The van der Waals surface area contributed by atoms with E-state index in [-0.39, 0.29) is 5.91 Å². The van der Waals surface area contributed by atoms with Crippen LogP contribution in [0, 0.1) is 0 Å². The fourth-order valence-corrected chi connectivity index (χ4v) is 4.66. The second-order valence-electron chi connectivity index (χ2n) is 6.44. The number of rotatable bonds is 3. The molecule has 0 N–H and O–H groups in total. The third-order valence-electron chi connectivity index (χ3n) is 4.67. The number of anilines is 1. The van der Waals surface area contributed by atoms with Crippen LogP contribution in [0.25, 0.3) is 10.6 Å². The number of hydrogen-bond donors (Lipinski definition) is 0. The van der Waals surface area contributed by atoms with Gasteiger partial charge in [-0.25, -0.2) is 4.79 Å². The van der Waals surface area contributed by atoms with E-state index in [1.165, 1.54) is 29.4 Å². The highest BCUT2D eigenvalue weighted by atomic mass is 35.5. The fourth-order valence-electron chi connectivity index (χ4n) is 3.17. The van der Waals surface area contributed by atoms with Crippen molar-refractivity contribution in [2.45, 2.75) is 6.42 Å². The molecule has 1 aliphatic heterocycles. The number of fused-ring (bicyclic) bond motifs is 3. The molecule has 0 saturated carbocycles. The Morgan fingerprint density at radius 3 is 2.86 bits per heavy atom. The second-order valence-corrected chi connectivity index (χ2v) is 7.89. The van der Waals surface area contributed by atoms with Crippen LogP contribution in [0.3, 0.4) is 0 Å². The minimum absolute atomic E-state index is 0.186. The number of ether oxygens (including phenoxy) is 2. The Bertz CT molecular complexity index is 1110. The van der Waals surface area contributed by atoms with Crippen molar-refractivity contribution in [3.8, 4) is 16.3 Å². The summed E-state index contributed by atoms with van der Waals surface area (Å²) >= 11 is 7.71. The molecule has 0 spiro atoms. The average Bonchev–Trinajstić information content (AvgIpc) is 3.08. The van der Waals surface area contributed by atoms with Gasteiger partial charge in [-0.15, -0.1) is 11.3 Å². The molecule has 3 heterocycles. The van der Waals surface area contributed by atoms with Crippen LogP contribution in [-0.4, -0.2) is 37.6 Å². The zero-order valence-electron chi connectivity index (χ0n) is 15.8. The van der Waals surface area contributed by atoms with Gasteiger partial charge in [0, 0.05) is 19.7 Å². The number of esters is 1. The summed E-state index contributed by atoms with van der Waals surface area (Å²) in [6.07, 6.45) is 2.42. The van der Waals surface area contributed by atoms with Crippen molar-refractivity contribution in [2.75, 3.05) is 25.7 Å². The number of carbonyl (C=O) groups is 2. The molecule has 0 radical (unpaired) electrons. The molecule has 29 heavy (non-hydrogen) atoms. The lowest BCUT2D eigenvalue weighted by Crippen LogP contribution is -2.25. The Labute approximate surface area is 176 Å². The molecule has 0 bridgehead atoms. The van der Waals surface area contributed by atoms with Crippen LogP contribution in [0.5, 0.6) is 5.75 Å². The molecule has 1 aromatic carbocycles. The summed E-state index contributed by atoms with van der Waals surface area (Å²) in [6.45, 7) is 0.534. The molecule has 3 aromatic rings. The third-order valence-corrected chi connectivity index (χ3v) is 6.14. The molecule has 1 aliphatic rings. The second kappa shape index (κ2) is 7.85. The van der Waals surface area contributed by atoms with Gasteiger partial charge in [-0.1, -0.05) is 11.6 Å². The Morgan fingerprint density at radius 2 is 2.10 bits per heavy atom. The minimum Gasteiger partial charge on any atom is -0.491 e. The molecular formula is C21H17ClN2O4S. The molecule has 0 aliphatic carbocycles. The number of carbonyl (C=O) groups excluding carboxylic acids is 2.